The van der Waals surface area contributed by atoms with Crippen LogP contribution < -0.4 is 0 Å². The van der Waals surface area contributed by atoms with Gasteiger partial charge >= 0.3 is 5.97 Å². The normalized spacial score (nSPS) is 26.3. The summed E-state index contributed by atoms with van der Waals surface area (Å²) in [5.74, 6) is -0.533. The number of amides is 1. The van der Waals surface area contributed by atoms with Gasteiger partial charge in [0.05, 0.1) is 5.56 Å². The van der Waals surface area contributed by atoms with Crippen molar-refractivity contribution in [2.45, 2.75) is 37.6 Å². The van der Waals surface area contributed by atoms with E-state index in [0.717, 1.165) is 31.4 Å². The first kappa shape index (κ1) is 12.2. The molecule has 2 unspecified atom stereocenters. The fourth-order valence-corrected chi connectivity index (χ4v) is 3.37. The molecule has 0 bridgehead atoms. The summed E-state index contributed by atoms with van der Waals surface area (Å²) in [6.45, 7) is 0.860. The van der Waals surface area contributed by atoms with E-state index in [1.807, 2.05) is 11.0 Å². The monoisotopic (exact) mass is 259 g/mol. The fraction of sp³-hybridized carbons (Fsp3) is 0.467. The van der Waals surface area contributed by atoms with Crippen LogP contribution in [0.2, 0.25) is 0 Å². The molecular formula is C15H17NO3. The van der Waals surface area contributed by atoms with Crippen LogP contribution in [0.4, 0.5) is 0 Å². The van der Waals surface area contributed by atoms with E-state index in [0.29, 0.717) is 12.0 Å². The molecule has 2 aliphatic rings. The second kappa shape index (κ2) is 4.68. The molecule has 1 amide bonds. The van der Waals surface area contributed by atoms with Crippen LogP contribution in [-0.2, 0) is 4.79 Å². The Kier molecular flexibility index (Phi) is 3.01. The quantitative estimate of drug-likeness (QED) is 0.886. The molecule has 2 saturated heterocycles. The van der Waals surface area contributed by atoms with E-state index >= 15 is 0 Å². The number of carbonyl (C=O) groups is 2. The number of hydrogen-bond donors (Lipinski definition) is 1. The molecular weight excluding hydrogens is 242 g/mol. The Labute approximate surface area is 112 Å². The van der Waals surface area contributed by atoms with Crippen molar-refractivity contribution in [3.63, 3.8) is 0 Å². The Hall–Kier alpha value is -1.84. The van der Waals surface area contributed by atoms with Gasteiger partial charge in [-0.25, -0.2) is 4.79 Å². The van der Waals surface area contributed by atoms with Gasteiger partial charge in [-0.05, 0) is 37.0 Å². The van der Waals surface area contributed by atoms with Crippen molar-refractivity contribution < 1.29 is 14.7 Å². The van der Waals surface area contributed by atoms with Crippen LogP contribution in [0.3, 0.4) is 0 Å². The van der Waals surface area contributed by atoms with Crippen LogP contribution in [0.5, 0.6) is 0 Å². The van der Waals surface area contributed by atoms with Gasteiger partial charge in [-0.15, -0.1) is 0 Å². The third-order valence-electron chi connectivity index (χ3n) is 4.29. The summed E-state index contributed by atoms with van der Waals surface area (Å²) < 4.78 is 0. The number of carboxylic acid groups (broad SMARTS) is 1. The standard InChI is InChI=1S/C15H17NO3/c17-14-9-12(13-6-1-2-7-16(13)14)10-4-3-5-11(8-10)15(18)19/h3-5,8,12-13H,1-2,6-7,9H2,(H,18,19). The summed E-state index contributed by atoms with van der Waals surface area (Å²) in [6.07, 6.45) is 3.80. The molecule has 100 valence electrons. The van der Waals surface area contributed by atoms with E-state index < -0.39 is 5.97 Å². The van der Waals surface area contributed by atoms with E-state index in [-0.39, 0.29) is 17.9 Å². The largest absolute Gasteiger partial charge is 0.478 e. The van der Waals surface area contributed by atoms with Crippen LogP contribution >= 0.6 is 0 Å². The van der Waals surface area contributed by atoms with E-state index in [4.69, 9.17) is 5.11 Å². The van der Waals surface area contributed by atoms with Crippen LogP contribution in [0.1, 0.15) is 47.5 Å². The maximum absolute atomic E-state index is 12.0. The smallest absolute Gasteiger partial charge is 0.335 e. The van der Waals surface area contributed by atoms with Gasteiger partial charge in [-0.1, -0.05) is 12.1 Å². The molecule has 3 rings (SSSR count). The van der Waals surface area contributed by atoms with E-state index in [2.05, 4.69) is 0 Å². The highest BCUT2D eigenvalue weighted by atomic mass is 16.4. The molecule has 1 N–H and O–H groups in total. The van der Waals surface area contributed by atoms with Gasteiger partial charge in [0.1, 0.15) is 0 Å². The maximum Gasteiger partial charge on any atom is 0.335 e. The SMILES string of the molecule is O=C(O)c1cccc(C2CC(=O)N3CCCCC23)c1. The van der Waals surface area contributed by atoms with E-state index in [1.165, 1.54) is 0 Å². The summed E-state index contributed by atoms with van der Waals surface area (Å²) in [5, 5.41) is 9.06. The molecule has 2 fully saturated rings. The highest BCUT2D eigenvalue weighted by Crippen LogP contribution is 2.39. The van der Waals surface area contributed by atoms with Gasteiger partial charge in [0.25, 0.3) is 0 Å². The number of hydrogen-bond acceptors (Lipinski definition) is 2. The molecule has 1 aromatic carbocycles. The van der Waals surface area contributed by atoms with Crippen molar-refractivity contribution in [2.24, 2.45) is 0 Å². The number of fused-ring (bicyclic) bond motifs is 1. The minimum Gasteiger partial charge on any atom is -0.478 e. The highest BCUT2D eigenvalue weighted by Gasteiger charge is 2.41. The molecule has 0 aliphatic carbocycles. The zero-order valence-corrected chi connectivity index (χ0v) is 10.7. The minimum absolute atomic E-state index is 0.159. The molecule has 0 aromatic heterocycles. The van der Waals surface area contributed by atoms with Crippen LogP contribution in [-0.4, -0.2) is 34.5 Å². The molecule has 4 heteroatoms. The summed E-state index contributed by atoms with van der Waals surface area (Å²) >= 11 is 0. The first-order valence-corrected chi connectivity index (χ1v) is 6.79. The van der Waals surface area contributed by atoms with Crippen molar-refractivity contribution in [3.05, 3.63) is 35.4 Å². The lowest BCUT2D eigenvalue weighted by Crippen LogP contribution is -2.38. The molecule has 1 aromatic rings. The van der Waals surface area contributed by atoms with Crippen molar-refractivity contribution in [3.8, 4) is 0 Å². The highest BCUT2D eigenvalue weighted by molar-refractivity contribution is 5.88. The van der Waals surface area contributed by atoms with Gasteiger partial charge < -0.3 is 10.0 Å². The van der Waals surface area contributed by atoms with Gasteiger partial charge in [0.15, 0.2) is 0 Å². The fourth-order valence-electron chi connectivity index (χ4n) is 3.37. The second-order valence-corrected chi connectivity index (χ2v) is 5.39. The number of carboxylic acids is 1. The molecule has 19 heavy (non-hydrogen) atoms. The first-order valence-electron chi connectivity index (χ1n) is 6.79. The third kappa shape index (κ3) is 2.11. The predicted octanol–water partition coefficient (Wildman–Crippen LogP) is 2.25. The maximum atomic E-state index is 12.0. The van der Waals surface area contributed by atoms with Gasteiger partial charge in [0, 0.05) is 24.9 Å². The van der Waals surface area contributed by atoms with E-state index in [9.17, 15) is 9.59 Å². The number of benzene rings is 1. The molecule has 2 aliphatic heterocycles. The lowest BCUT2D eigenvalue weighted by Gasteiger charge is -2.32. The predicted molar refractivity (Wildman–Crippen MR) is 70.1 cm³/mol. The number of piperidine rings is 1. The number of aromatic carboxylic acids is 1. The topological polar surface area (TPSA) is 57.6 Å². The molecule has 0 spiro atoms. The zero-order chi connectivity index (χ0) is 13.4. The lowest BCUT2D eigenvalue weighted by atomic mass is 9.87. The van der Waals surface area contributed by atoms with Crippen molar-refractivity contribution >= 4 is 11.9 Å². The summed E-state index contributed by atoms with van der Waals surface area (Å²) in [7, 11) is 0. The number of rotatable bonds is 2. The Morgan fingerprint density at radius 2 is 2.16 bits per heavy atom. The summed E-state index contributed by atoms with van der Waals surface area (Å²) in [5.41, 5.74) is 1.29. The summed E-state index contributed by atoms with van der Waals surface area (Å²) in [4.78, 5) is 25.0. The van der Waals surface area contributed by atoms with Crippen molar-refractivity contribution in [1.82, 2.24) is 4.90 Å². The van der Waals surface area contributed by atoms with Crippen LogP contribution in [0.25, 0.3) is 0 Å². The zero-order valence-electron chi connectivity index (χ0n) is 10.7. The van der Waals surface area contributed by atoms with E-state index in [1.54, 1.807) is 18.2 Å². The second-order valence-electron chi connectivity index (χ2n) is 5.39. The van der Waals surface area contributed by atoms with Gasteiger partial charge in [-0.2, -0.15) is 0 Å². The molecule has 4 nitrogen and oxygen atoms in total. The lowest BCUT2D eigenvalue weighted by molar-refractivity contribution is -0.129. The van der Waals surface area contributed by atoms with Crippen LogP contribution in [0, 0.1) is 0 Å². The first-order chi connectivity index (χ1) is 9.16. The van der Waals surface area contributed by atoms with Crippen LogP contribution in [0.15, 0.2) is 24.3 Å². The average Bonchev–Trinajstić information content (AvgIpc) is 2.77. The van der Waals surface area contributed by atoms with Gasteiger partial charge in [0.2, 0.25) is 5.91 Å². The molecule has 2 atom stereocenters. The Bertz CT molecular complexity index is 526. The minimum atomic E-state index is -0.910. The summed E-state index contributed by atoms with van der Waals surface area (Å²) in [6, 6.07) is 7.31. The van der Waals surface area contributed by atoms with Crippen molar-refractivity contribution in [1.29, 1.82) is 0 Å². The van der Waals surface area contributed by atoms with Crippen molar-refractivity contribution in [2.75, 3.05) is 6.54 Å². The molecule has 0 radical (unpaired) electrons. The molecule has 2 heterocycles. The Morgan fingerprint density at radius 1 is 1.32 bits per heavy atom. The molecule has 0 saturated carbocycles. The number of nitrogens with zero attached hydrogens (tertiary/aromatic N) is 1. The Morgan fingerprint density at radius 3 is 2.95 bits per heavy atom. The van der Waals surface area contributed by atoms with Gasteiger partial charge in [-0.3, -0.25) is 4.79 Å². The average molecular weight is 259 g/mol. The third-order valence-corrected chi connectivity index (χ3v) is 4.29. The number of carbonyl (C=O) groups excluding carboxylic acids is 1. The Balaban J connectivity index is 1.91.